The smallest absolute Gasteiger partial charge is 0.234 e. The molecule has 0 heterocycles. The number of nitrogen functional groups attached to an aromatic ring is 1. The van der Waals surface area contributed by atoms with Gasteiger partial charge in [-0.25, -0.2) is 12.8 Å². The Balaban J connectivity index is 2.92. The van der Waals surface area contributed by atoms with Crippen LogP contribution >= 0.6 is 0 Å². The van der Waals surface area contributed by atoms with Gasteiger partial charge in [-0.2, -0.15) is 0 Å². The van der Waals surface area contributed by atoms with E-state index in [9.17, 15) is 12.8 Å². The molecule has 0 saturated heterocycles. The first-order chi connectivity index (χ1) is 8.35. The van der Waals surface area contributed by atoms with Gasteiger partial charge in [0.1, 0.15) is 11.7 Å². The fraction of sp³-hybridized carbons (Fsp3) is 0.300. The third kappa shape index (κ3) is 3.97. The molecule has 1 aromatic carbocycles. The van der Waals surface area contributed by atoms with Gasteiger partial charge in [-0.05, 0) is 18.2 Å². The lowest BCUT2D eigenvalue weighted by Crippen LogP contribution is -2.20. The van der Waals surface area contributed by atoms with Crippen molar-refractivity contribution in [3.63, 3.8) is 0 Å². The molecule has 1 rings (SSSR count). The maximum Gasteiger partial charge on any atom is 0.234 e. The summed E-state index contributed by atoms with van der Waals surface area (Å²) in [5.74, 6) is -1.36. The van der Waals surface area contributed by atoms with Crippen molar-refractivity contribution in [1.29, 1.82) is 5.41 Å². The minimum Gasteiger partial charge on any atom is -0.384 e. The van der Waals surface area contributed by atoms with Gasteiger partial charge in [0.25, 0.3) is 0 Å². The van der Waals surface area contributed by atoms with E-state index in [0.717, 1.165) is 6.07 Å². The third-order valence-corrected chi connectivity index (χ3v) is 3.34. The number of nitrogens with one attached hydrogen (secondary N) is 2. The fourth-order valence-corrected chi connectivity index (χ4v) is 2.19. The largest absolute Gasteiger partial charge is 0.384 e. The summed E-state index contributed by atoms with van der Waals surface area (Å²) in [4.78, 5) is 0. The summed E-state index contributed by atoms with van der Waals surface area (Å²) < 4.78 is 43.3. The summed E-state index contributed by atoms with van der Waals surface area (Å²) in [6, 6.07) is 3.47. The highest BCUT2D eigenvalue weighted by molar-refractivity contribution is 7.92. The predicted octanol–water partition coefficient (Wildman–Crippen LogP) is 0.498. The lowest BCUT2D eigenvalue weighted by molar-refractivity contribution is 0.217. The van der Waals surface area contributed by atoms with Crippen molar-refractivity contribution in [2.75, 3.05) is 24.2 Å². The molecule has 0 atom stereocenters. The van der Waals surface area contributed by atoms with Gasteiger partial charge < -0.3 is 10.5 Å². The molecule has 0 aromatic heterocycles. The van der Waals surface area contributed by atoms with Crippen LogP contribution in [0, 0.1) is 11.2 Å². The Morgan fingerprint density at radius 3 is 2.78 bits per heavy atom. The van der Waals surface area contributed by atoms with Crippen LogP contribution in [0.15, 0.2) is 18.2 Å². The van der Waals surface area contributed by atoms with Crippen LogP contribution in [0.2, 0.25) is 0 Å². The van der Waals surface area contributed by atoms with Gasteiger partial charge in [-0.3, -0.25) is 10.1 Å². The summed E-state index contributed by atoms with van der Waals surface area (Å²) in [6.45, 7) is 0.0517. The average molecular weight is 275 g/mol. The lowest BCUT2D eigenvalue weighted by Gasteiger charge is -2.09. The second-order valence-electron chi connectivity index (χ2n) is 3.52. The monoisotopic (exact) mass is 275 g/mol. The van der Waals surface area contributed by atoms with Crippen molar-refractivity contribution < 1.29 is 17.5 Å². The summed E-state index contributed by atoms with van der Waals surface area (Å²) in [6.07, 6.45) is 0. The number of benzene rings is 1. The SMILES string of the molecule is COCCS(=O)(=O)Nc1ccc(F)c(C(=N)N)c1. The Hall–Kier alpha value is -1.67. The number of hydrogen-bond donors (Lipinski definition) is 3. The molecule has 6 nitrogen and oxygen atoms in total. The van der Waals surface area contributed by atoms with E-state index < -0.39 is 21.7 Å². The van der Waals surface area contributed by atoms with Crippen molar-refractivity contribution in [2.24, 2.45) is 5.73 Å². The second-order valence-corrected chi connectivity index (χ2v) is 5.36. The van der Waals surface area contributed by atoms with Crippen LogP contribution in [-0.2, 0) is 14.8 Å². The Labute approximate surface area is 105 Å². The molecule has 0 spiro atoms. The Bertz CT molecular complexity index is 545. The van der Waals surface area contributed by atoms with Gasteiger partial charge in [0, 0.05) is 12.8 Å². The molecular formula is C10H14FN3O3S. The third-order valence-electron chi connectivity index (χ3n) is 2.09. The number of halogens is 1. The molecule has 0 aliphatic rings. The van der Waals surface area contributed by atoms with E-state index in [1.54, 1.807) is 0 Å². The van der Waals surface area contributed by atoms with Gasteiger partial charge in [0.2, 0.25) is 10.0 Å². The summed E-state index contributed by atoms with van der Waals surface area (Å²) in [5.41, 5.74) is 5.17. The average Bonchev–Trinajstić information content (AvgIpc) is 2.28. The molecule has 0 aliphatic heterocycles. The number of hydrogen-bond acceptors (Lipinski definition) is 4. The topological polar surface area (TPSA) is 105 Å². The van der Waals surface area contributed by atoms with Crippen LogP contribution < -0.4 is 10.5 Å². The van der Waals surface area contributed by atoms with Gasteiger partial charge in [0.15, 0.2) is 0 Å². The molecule has 100 valence electrons. The second kappa shape index (κ2) is 5.78. The van der Waals surface area contributed by atoms with E-state index >= 15 is 0 Å². The van der Waals surface area contributed by atoms with Crippen LogP contribution in [0.4, 0.5) is 10.1 Å². The molecule has 0 radical (unpaired) electrons. The fourth-order valence-electron chi connectivity index (χ4n) is 1.22. The zero-order valence-electron chi connectivity index (χ0n) is 9.73. The van der Waals surface area contributed by atoms with Gasteiger partial charge in [0.05, 0.1) is 17.9 Å². The van der Waals surface area contributed by atoms with Crippen LogP contribution in [0.3, 0.4) is 0 Å². The van der Waals surface area contributed by atoms with E-state index in [0.29, 0.717) is 0 Å². The number of methoxy groups -OCH3 is 1. The Kier molecular flexibility index (Phi) is 4.62. The molecule has 0 fully saturated rings. The highest BCUT2D eigenvalue weighted by atomic mass is 32.2. The zero-order chi connectivity index (χ0) is 13.8. The number of nitrogens with two attached hydrogens (primary N) is 1. The highest BCUT2D eigenvalue weighted by Gasteiger charge is 2.12. The summed E-state index contributed by atoms with van der Waals surface area (Å²) >= 11 is 0. The molecule has 1 aromatic rings. The quantitative estimate of drug-likeness (QED) is 0.519. The maximum absolute atomic E-state index is 13.2. The molecule has 0 saturated carbocycles. The molecule has 0 amide bonds. The van der Waals surface area contributed by atoms with Crippen molar-refractivity contribution in [3.05, 3.63) is 29.6 Å². The first kappa shape index (κ1) is 14.4. The van der Waals surface area contributed by atoms with Gasteiger partial charge >= 0.3 is 0 Å². The number of amidine groups is 1. The molecule has 0 unspecified atom stereocenters. The molecule has 8 heteroatoms. The minimum atomic E-state index is -3.56. The van der Waals surface area contributed by atoms with Crippen molar-refractivity contribution >= 4 is 21.5 Å². The van der Waals surface area contributed by atoms with Crippen LogP contribution in [0.5, 0.6) is 0 Å². The first-order valence-corrected chi connectivity index (χ1v) is 6.64. The summed E-state index contributed by atoms with van der Waals surface area (Å²) in [5, 5.41) is 7.16. The standard InChI is InChI=1S/C10H14FN3O3S/c1-17-4-5-18(15,16)14-7-2-3-9(11)8(6-7)10(12)13/h2-3,6,14H,4-5H2,1H3,(H3,12,13). The highest BCUT2D eigenvalue weighted by Crippen LogP contribution is 2.15. The van der Waals surface area contributed by atoms with E-state index in [4.69, 9.17) is 11.1 Å². The molecule has 4 N–H and O–H groups in total. The van der Waals surface area contributed by atoms with E-state index in [2.05, 4.69) is 9.46 Å². The summed E-state index contributed by atoms with van der Waals surface area (Å²) in [7, 11) is -2.17. The minimum absolute atomic E-state index is 0.0517. The number of ether oxygens (including phenoxy) is 1. The molecule has 0 aliphatic carbocycles. The van der Waals surface area contributed by atoms with Crippen LogP contribution in [0.1, 0.15) is 5.56 Å². The zero-order valence-corrected chi connectivity index (χ0v) is 10.6. The molecule has 18 heavy (non-hydrogen) atoms. The first-order valence-electron chi connectivity index (χ1n) is 4.99. The van der Waals surface area contributed by atoms with E-state index in [1.165, 1.54) is 19.2 Å². The number of sulfonamides is 1. The number of rotatable bonds is 6. The van der Waals surface area contributed by atoms with Gasteiger partial charge in [-0.15, -0.1) is 0 Å². The molecular weight excluding hydrogens is 261 g/mol. The van der Waals surface area contributed by atoms with Crippen molar-refractivity contribution in [2.45, 2.75) is 0 Å². The normalized spacial score (nSPS) is 11.2. The molecule has 0 bridgehead atoms. The van der Waals surface area contributed by atoms with Crippen LogP contribution in [0.25, 0.3) is 0 Å². The predicted molar refractivity (Wildman–Crippen MR) is 66.7 cm³/mol. The van der Waals surface area contributed by atoms with E-state index in [1.807, 2.05) is 0 Å². The van der Waals surface area contributed by atoms with Crippen molar-refractivity contribution in [3.8, 4) is 0 Å². The van der Waals surface area contributed by atoms with Crippen LogP contribution in [-0.4, -0.2) is 33.7 Å². The van der Waals surface area contributed by atoms with E-state index in [-0.39, 0.29) is 23.6 Å². The van der Waals surface area contributed by atoms with Gasteiger partial charge in [-0.1, -0.05) is 0 Å². The lowest BCUT2D eigenvalue weighted by atomic mass is 10.2. The maximum atomic E-state index is 13.2. The van der Waals surface area contributed by atoms with Crippen molar-refractivity contribution in [1.82, 2.24) is 0 Å². The Morgan fingerprint density at radius 2 is 2.22 bits per heavy atom. The Morgan fingerprint density at radius 1 is 1.56 bits per heavy atom. The number of anilines is 1.